The highest BCUT2D eigenvalue weighted by Crippen LogP contribution is 2.39. The molecular formula is C12H25O3P. The van der Waals surface area contributed by atoms with E-state index in [1.807, 2.05) is 0 Å². The van der Waals surface area contributed by atoms with Crippen molar-refractivity contribution in [3.63, 3.8) is 0 Å². The fraction of sp³-hybridized carbons (Fsp3) is 0.833. The Morgan fingerprint density at radius 3 is 2.38 bits per heavy atom. The zero-order valence-electron chi connectivity index (χ0n) is 9.86. The molecule has 0 aromatic carbocycles. The first kappa shape index (κ1) is 18.1. The molecule has 0 bridgehead atoms. The predicted molar refractivity (Wildman–Crippen MR) is 70.0 cm³/mol. The summed E-state index contributed by atoms with van der Waals surface area (Å²) in [4.78, 5) is 0. The zero-order chi connectivity index (χ0) is 11.7. The maximum atomic E-state index is 10.7. The van der Waals surface area contributed by atoms with Crippen molar-refractivity contribution in [2.75, 3.05) is 19.9 Å². The minimum atomic E-state index is -2.65. The molecule has 1 rings (SSSR count). The van der Waals surface area contributed by atoms with E-state index in [1.165, 1.54) is 25.9 Å². The first-order valence-corrected chi connectivity index (χ1v) is 7.44. The minimum absolute atomic E-state index is 0. The van der Waals surface area contributed by atoms with Crippen LogP contribution in [-0.2, 0) is 13.8 Å². The molecule has 4 heteroatoms. The smallest absolute Gasteiger partial charge is 0.270 e. The van der Waals surface area contributed by atoms with Crippen molar-refractivity contribution in [3.05, 3.63) is 0 Å². The van der Waals surface area contributed by atoms with E-state index in [0.717, 1.165) is 6.61 Å². The van der Waals surface area contributed by atoms with Gasteiger partial charge in [-0.3, -0.25) is 4.57 Å². The van der Waals surface area contributed by atoms with Gasteiger partial charge in [0, 0.05) is 13.3 Å². The molecule has 0 aliphatic carbocycles. The van der Waals surface area contributed by atoms with Gasteiger partial charge in [-0.2, -0.15) is 0 Å². The van der Waals surface area contributed by atoms with Gasteiger partial charge in [0.2, 0.25) is 0 Å². The Bertz CT molecular complexity index is 239. The van der Waals surface area contributed by atoms with Crippen molar-refractivity contribution in [3.8, 4) is 12.1 Å². The molecule has 1 fully saturated rings. The van der Waals surface area contributed by atoms with Gasteiger partial charge < -0.3 is 9.26 Å². The molecule has 0 aromatic rings. The molecule has 0 N–H and O–H groups in total. The standard InChI is InChI=1S/C6H12O.C5H9O2P.CH4/c1-2-6-4-3-5-7-6;1-4-7-8(3,6)5-2;/h6H,2-5H2,1H3;2H,4H2,1,3H3;1H4/t6-;;/m1../s1. The van der Waals surface area contributed by atoms with Gasteiger partial charge in [0.05, 0.1) is 12.7 Å². The van der Waals surface area contributed by atoms with E-state index in [4.69, 9.17) is 15.7 Å². The van der Waals surface area contributed by atoms with Crippen LogP contribution in [0, 0.1) is 12.1 Å². The third-order valence-electron chi connectivity index (χ3n) is 2.09. The largest absolute Gasteiger partial charge is 0.378 e. The quantitative estimate of drug-likeness (QED) is 0.564. The second kappa shape index (κ2) is 9.90. The first-order valence-electron chi connectivity index (χ1n) is 5.37. The van der Waals surface area contributed by atoms with E-state index in [2.05, 4.69) is 12.6 Å². The zero-order valence-corrected chi connectivity index (χ0v) is 10.8. The van der Waals surface area contributed by atoms with Crippen molar-refractivity contribution >= 4 is 7.37 Å². The minimum Gasteiger partial charge on any atom is -0.378 e. The fourth-order valence-corrected chi connectivity index (χ4v) is 1.82. The molecule has 0 aromatic heterocycles. The van der Waals surface area contributed by atoms with Gasteiger partial charge in [0.15, 0.2) is 0 Å². The van der Waals surface area contributed by atoms with E-state index in [-0.39, 0.29) is 7.43 Å². The van der Waals surface area contributed by atoms with Crippen molar-refractivity contribution in [1.82, 2.24) is 0 Å². The van der Waals surface area contributed by atoms with Gasteiger partial charge in [-0.15, -0.1) is 6.42 Å². The lowest BCUT2D eigenvalue weighted by Gasteiger charge is -2.01. The Morgan fingerprint density at radius 1 is 1.56 bits per heavy atom. The monoisotopic (exact) mass is 248 g/mol. The molecule has 3 nitrogen and oxygen atoms in total. The Kier molecular flexibility index (Phi) is 11.2. The number of terminal acetylenes is 1. The van der Waals surface area contributed by atoms with Crippen LogP contribution in [0.1, 0.15) is 40.5 Å². The highest BCUT2D eigenvalue weighted by Gasteiger charge is 2.11. The van der Waals surface area contributed by atoms with Crippen LogP contribution < -0.4 is 0 Å². The topological polar surface area (TPSA) is 35.5 Å². The van der Waals surface area contributed by atoms with Crippen LogP contribution in [0.2, 0.25) is 0 Å². The number of rotatable bonds is 3. The summed E-state index contributed by atoms with van der Waals surface area (Å²) in [6.07, 6.45) is 9.21. The molecule has 0 spiro atoms. The summed E-state index contributed by atoms with van der Waals surface area (Å²) < 4.78 is 20.7. The molecule has 0 saturated carbocycles. The van der Waals surface area contributed by atoms with E-state index in [1.54, 1.807) is 6.92 Å². The molecule has 0 amide bonds. The van der Waals surface area contributed by atoms with Crippen LogP contribution in [0.15, 0.2) is 0 Å². The maximum absolute atomic E-state index is 10.7. The molecule has 1 unspecified atom stereocenters. The number of ether oxygens (including phenoxy) is 1. The van der Waals surface area contributed by atoms with Gasteiger partial charge in [-0.05, 0) is 31.8 Å². The first-order chi connectivity index (χ1) is 7.05. The fourth-order valence-electron chi connectivity index (χ4n) is 1.25. The summed E-state index contributed by atoms with van der Waals surface area (Å²) in [5.41, 5.74) is 2.08. The summed E-state index contributed by atoms with van der Waals surface area (Å²) in [5.74, 6) is 0. The van der Waals surface area contributed by atoms with Gasteiger partial charge in [-0.1, -0.05) is 14.4 Å². The molecule has 0 radical (unpaired) electrons. The number of hydrogen-bond acceptors (Lipinski definition) is 3. The van der Waals surface area contributed by atoms with Crippen LogP contribution in [0.5, 0.6) is 0 Å². The lowest BCUT2D eigenvalue weighted by atomic mass is 10.2. The van der Waals surface area contributed by atoms with E-state index in [0.29, 0.717) is 12.7 Å². The Hall–Kier alpha value is -0.290. The van der Waals surface area contributed by atoms with Crippen molar-refractivity contribution in [2.24, 2.45) is 0 Å². The third-order valence-corrected chi connectivity index (χ3v) is 3.31. The summed E-state index contributed by atoms with van der Waals surface area (Å²) >= 11 is 0. The molecule has 1 aliphatic rings. The van der Waals surface area contributed by atoms with E-state index >= 15 is 0 Å². The lowest BCUT2D eigenvalue weighted by molar-refractivity contribution is 0.108. The SMILES string of the molecule is C.C#CP(C)(=O)OCC.CC[C@@H]1CCCO1. The molecular weight excluding hydrogens is 223 g/mol. The highest BCUT2D eigenvalue weighted by molar-refractivity contribution is 7.63. The van der Waals surface area contributed by atoms with Gasteiger partial charge in [0.25, 0.3) is 7.37 Å². The van der Waals surface area contributed by atoms with Crippen molar-refractivity contribution < 1.29 is 13.8 Å². The summed E-state index contributed by atoms with van der Waals surface area (Å²) in [6.45, 7) is 6.77. The van der Waals surface area contributed by atoms with Crippen LogP contribution in [0.25, 0.3) is 0 Å². The van der Waals surface area contributed by atoms with Gasteiger partial charge in [0.1, 0.15) is 0 Å². The summed E-state index contributed by atoms with van der Waals surface area (Å²) in [7, 11) is -2.65. The average Bonchev–Trinajstić information content (AvgIpc) is 2.71. The molecule has 2 atom stereocenters. The Labute approximate surface area is 100 Å². The van der Waals surface area contributed by atoms with Crippen molar-refractivity contribution in [2.45, 2.75) is 46.6 Å². The lowest BCUT2D eigenvalue weighted by Crippen LogP contribution is -2.00. The van der Waals surface area contributed by atoms with Crippen LogP contribution in [0.3, 0.4) is 0 Å². The second-order valence-corrected chi connectivity index (χ2v) is 5.64. The predicted octanol–water partition coefficient (Wildman–Crippen LogP) is 3.73. The van der Waals surface area contributed by atoms with Crippen LogP contribution >= 0.6 is 7.37 Å². The molecule has 96 valence electrons. The van der Waals surface area contributed by atoms with Gasteiger partial charge in [-0.25, -0.2) is 0 Å². The Balaban J connectivity index is 0. The third kappa shape index (κ3) is 8.97. The van der Waals surface area contributed by atoms with E-state index < -0.39 is 7.37 Å². The van der Waals surface area contributed by atoms with E-state index in [9.17, 15) is 4.57 Å². The molecule has 1 aliphatic heterocycles. The highest BCUT2D eigenvalue weighted by atomic mass is 31.2. The molecule has 16 heavy (non-hydrogen) atoms. The number of hydrogen-bond donors (Lipinski definition) is 0. The summed E-state index contributed by atoms with van der Waals surface area (Å²) in [6, 6.07) is 0. The van der Waals surface area contributed by atoms with Crippen LogP contribution in [-0.4, -0.2) is 26.0 Å². The Morgan fingerprint density at radius 2 is 2.19 bits per heavy atom. The molecule has 1 saturated heterocycles. The van der Waals surface area contributed by atoms with Gasteiger partial charge >= 0.3 is 0 Å². The van der Waals surface area contributed by atoms with Crippen LogP contribution in [0.4, 0.5) is 0 Å². The normalized spacial score (nSPS) is 22.0. The maximum Gasteiger partial charge on any atom is 0.270 e. The van der Waals surface area contributed by atoms with Crippen molar-refractivity contribution in [1.29, 1.82) is 0 Å². The average molecular weight is 248 g/mol. The molecule has 1 heterocycles. The second-order valence-electron chi connectivity index (χ2n) is 3.44. The summed E-state index contributed by atoms with van der Waals surface area (Å²) in [5, 5.41) is 0.